The fraction of sp³-hybridized carbons (Fsp3) is 0.240. The lowest BCUT2D eigenvalue weighted by atomic mass is 10.1. The zero-order valence-corrected chi connectivity index (χ0v) is 19.4. The predicted octanol–water partition coefficient (Wildman–Crippen LogP) is 4.94. The van der Waals surface area contributed by atoms with Crippen molar-refractivity contribution < 1.29 is 9.18 Å². The van der Waals surface area contributed by atoms with Gasteiger partial charge in [0.05, 0.1) is 5.52 Å². The molecule has 1 aliphatic rings. The number of hydrogen-bond donors (Lipinski definition) is 0. The average Bonchev–Trinajstić information content (AvgIpc) is 3.43. The number of benzene rings is 2. The molecule has 5 nitrogen and oxygen atoms in total. The fourth-order valence-electron chi connectivity index (χ4n) is 4.11. The largest absolute Gasteiger partial charge is 0.338 e. The molecule has 0 spiro atoms. The van der Waals surface area contributed by atoms with E-state index in [0.29, 0.717) is 47.2 Å². The summed E-state index contributed by atoms with van der Waals surface area (Å²) in [5, 5.41) is 2.50. The van der Waals surface area contributed by atoms with Gasteiger partial charge in [-0.15, -0.1) is 11.3 Å². The van der Waals surface area contributed by atoms with E-state index < -0.39 is 0 Å². The molecular weight excluding hydrogens is 457 g/mol. The van der Waals surface area contributed by atoms with Gasteiger partial charge < -0.3 is 4.90 Å². The molecule has 1 aliphatic heterocycles. The minimum absolute atomic E-state index is 0.0447. The van der Waals surface area contributed by atoms with Crippen LogP contribution in [0.1, 0.15) is 17.5 Å². The number of amides is 1. The summed E-state index contributed by atoms with van der Waals surface area (Å²) >= 11 is 2.85. The molecule has 4 aromatic rings. The van der Waals surface area contributed by atoms with E-state index in [-0.39, 0.29) is 23.2 Å². The Balaban J connectivity index is 1.37. The molecule has 2 aromatic carbocycles. The highest BCUT2D eigenvalue weighted by Gasteiger charge is 2.30. The number of nitrogens with zero attached hydrogens (tertiary/aromatic N) is 3. The number of thiophene rings is 1. The molecule has 33 heavy (non-hydrogen) atoms. The van der Waals surface area contributed by atoms with E-state index in [1.54, 1.807) is 16.7 Å². The molecular formula is C25H22FN3O2S2. The summed E-state index contributed by atoms with van der Waals surface area (Å²) in [6, 6.07) is 18.1. The van der Waals surface area contributed by atoms with Gasteiger partial charge in [0.15, 0.2) is 5.16 Å². The molecule has 5 rings (SSSR count). The molecule has 1 unspecified atom stereocenters. The molecule has 2 aromatic heterocycles. The molecule has 0 aliphatic carbocycles. The van der Waals surface area contributed by atoms with Crippen molar-refractivity contribution in [1.29, 1.82) is 0 Å². The van der Waals surface area contributed by atoms with Crippen LogP contribution in [-0.2, 0) is 23.6 Å². The first kappa shape index (κ1) is 21.9. The molecule has 0 radical (unpaired) electrons. The number of aromatic nitrogens is 2. The Kier molecular flexibility index (Phi) is 6.28. The summed E-state index contributed by atoms with van der Waals surface area (Å²) in [5.74, 6) is 0.460. The van der Waals surface area contributed by atoms with Gasteiger partial charge in [-0.05, 0) is 34.7 Å². The summed E-state index contributed by atoms with van der Waals surface area (Å²) in [4.78, 5) is 32.5. The van der Waals surface area contributed by atoms with Crippen molar-refractivity contribution in [2.24, 2.45) is 5.92 Å². The van der Waals surface area contributed by atoms with Gasteiger partial charge in [0.2, 0.25) is 5.91 Å². The van der Waals surface area contributed by atoms with E-state index in [4.69, 9.17) is 4.98 Å². The van der Waals surface area contributed by atoms with E-state index in [2.05, 4.69) is 0 Å². The molecule has 0 bridgehead atoms. The molecule has 8 heteroatoms. The number of fused-ring (bicyclic) bond motifs is 1. The van der Waals surface area contributed by atoms with Crippen LogP contribution in [0.2, 0.25) is 0 Å². The highest BCUT2D eigenvalue weighted by Crippen LogP contribution is 2.27. The average molecular weight is 480 g/mol. The zero-order valence-electron chi connectivity index (χ0n) is 17.8. The van der Waals surface area contributed by atoms with Gasteiger partial charge in [-0.3, -0.25) is 14.2 Å². The number of carbonyl (C=O) groups excluding carboxylic acids is 1. The second kappa shape index (κ2) is 9.49. The minimum atomic E-state index is -0.274. The molecule has 0 N–H and O–H groups in total. The lowest BCUT2D eigenvalue weighted by molar-refractivity contribution is -0.128. The third kappa shape index (κ3) is 4.86. The number of carbonyl (C=O) groups is 1. The molecule has 1 saturated heterocycles. The summed E-state index contributed by atoms with van der Waals surface area (Å²) < 4.78 is 15.6. The van der Waals surface area contributed by atoms with E-state index in [1.807, 2.05) is 46.7 Å². The minimum Gasteiger partial charge on any atom is -0.338 e. The number of rotatable bonds is 7. The molecule has 3 heterocycles. The molecule has 1 fully saturated rings. The van der Waals surface area contributed by atoms with Crippen molar-refractivity contribution in [3.05, 3.63) is 93.3 Å². The van der Waals surface area contributed by atoms with Crippen LogP contribution in [-0.4, -0.2) is 26.9 Å². The summed E-state index contributed by atoms with van der Waals surface area (Å²) in [6.45, 7) is 1.65. The first-order valence-electron chi connectivity index (χ1n) is 10.7. The van der Waals surface area contributed by atoms with Crippen molar-refractivity contribution in [1.82, 2.24) is 14.5 Å². The highest BCUT2D eigenvalue weighted by molar-refractivity contribution is 7.98. The Morgan fingerprint density at radius 2 is 1.82 bits per heavy atom. The second-order valence-electron chi connectivity index (χ2n) is 8.19. The topological polar surface area (TPSA) is 55.2 Å². The van der Waals surface area contributed by atoms with E-state index in [0.717, 1.165) is 11.1 Å². The lowest BCUT2D eigenvalue weighted by Gasteiger charge is -2.18. The maximum absolute atomic E-state index is 13.3. The summed E-state index contributed by atoms with van der Waals surface area (Å²) in [7, 11) is 0. The van der Waals surface area contributed by atoms with E-state index >= 15 is 0 Å². The van der Waals surface area contributed by atoms with Crippen molar-refractivity contribution in [3.8, 4) is 0 Å². The summed E-state index contributed by atoms with van der Waals surface area (Å²) in [6.07, 6.45) is 0.420. The van der Waals surface area contributed by atoms with Gasteiger partial charge >= 0.3 is 0 Å². The monoisotopic (exact) mass is 479 g/mol. The third-order valence-electron chi connectivity index (χ3n) is 5.76. The Hall–Kier alpha value is -2.97. The molecule has 168 valence electrons. The molecule has 1 atom stereocenters. The highest BCUT2D eigenvalue weighted by atomic mass is 32.2. The Bertz CT molecular complexity index is 1340. The van der Waals surface area contributed by atoms with Crippen molar-refractivity contribution >= 4 is 39.2 Å². The van der Waals surface area contributed by atoms with Gasteiger partial charge in [-0.2, -0.15) is 0 Å². The second-order valence-corrected chi connectivity index (χ2v) is 10.0. The quantitative estimate of drug-likeness (QED) is 0.278. The normalized spacial score (nSPS) is 16.1. The maximum Gasteiger partial charge on any atom is 0.272 e. The third-order valence-corrected chi connectivity index (χ3v) is 7.70. The van der Waals surface area contributed by atoms with Crippen LogP contribution in [0.4, 0.5) is 4.39 Å². The number of likely N-dealkylation sites (tertiary alicyclic amines) is 1. The fourth-order valence-corrected chi connectivity index (χ4v) is 5.86. The van der Waals surface area contributed by atoms with Crippen LogP contribution < -0.4 is 5.56 Å². The van der Waals surface area contributed by atoms with Crippen molar-refractivity contribution in [2.75, 3.05) is 6.54 Å². The zero-order chi connectivity index (χ0) is 22.8. The van der Waals surface area contributed by atoms with Crippen LogP contribution in [0, 0.1) is 11.7 Å². The van der Waals surface area contributed by atoms with E-state index in [1.165, 1.54) is 35.2 Å². The number of hydrogen-bond acceptors (Lipinski definition) is 5. The lowest BCUT2D eigenvalue weighted by Crippen LogP contribution is -2.28. The van der Waals surface area contributed by atoms with Crippen LogP contribution >= 0.6 is 23.1 Å². The smallest absolute Gasteiger partial charge is 0.272 e. The Morgan fingerprint density at radius 1 is 1.03 bits per heavy atom. The van der Waals surface area contributed by atoms with E-state index in [9.17, 15) is 14.0 Å². The van der Waals surface area contributed by atoms with Gasteiger partial charge in [0, 0.05) is 37.7 Å². The van der Waals surface area contributed by atoms with Crippen molar-refractivity contribution in [2.45, 2.75) is 30.4 Å². The number of thioether (sulfide) groups is 1. The maximum atomic E-state index is 13.3. The van der Waals surface area contributed by atoms with Crippen molar-refractivity contribution in [3.63, 3.8) is 0 Å². The van der Waals surface area contributed by atoms with Gasteiger partial charge in [-0.25, -0.2) is 9.37 Å². The van der Waals surface area contributed by atoms with Crippen LogP contribution in [0.3, 0.4) is 0 Å². The Morgan fingerprint density at radius 3 is 2.61 bits per heavy atom. The van der Waals surface area contributed by atoms with Gasteiger partial charge in [0.1, 0.15) is 10.5 Å². The summed E-state index contributed by atoms with van der Waals surface area (Å²) in [5.41, 5.74) is 2.68. The first-order chi connectivity index (χ1) is 16.1. The van der Waals surface area contributed by atoms with Gasteiger partial charge in [0.25, 0.3) is 5.56 Å². The number of halogens is 1. The van der Waals surface area contributed by atoms with Crippen LogP contribution in [0.25, 0.3) is 10.2 Å². The Labute approximate surface area is 198 Å². The molecule has 1 amide bonds. The standard InChI is InChI=1S/C25H22FN3O2S2/c26-20-8-6-18(7-9-20)16-33-25-27-21-10-11-32-23(21)24(31)29(25)15-19-12-22(30)28(14-19)13-17-4-2-1-3-5-17/h1-11,19H,12-16H2. The predicted molar refractivity (Wildman–Crippen MR) is 130 cm³/mol. The SMILES string of the molecule is O=C1CC(Cn2c(SCc3ccc(F)cc3)nc3ccsc3c2=O)CN1Cc1ccccc1. The van der Waals surface area contributed by atoms with Crippen LogP contribution in [0.5, 0.6) is 0 Å². The first-order valence-corrected chi connectivity index (χ1v) is 12.6. The van der Waals surface area contributed by atoms with Gasteiger partial charge in [-0.1, -0.05) is 54.2 Å². The molecule has 0 saturated carbocycles. The van der Waals surface area contributed by atoms with Crippen LogP contribution in [0.15, 0.2) is 76.0 Å².